The highest BCUT2D eigenvalue weighted by atomic mass is 14.9. The number of pyridine rings is 1. The summed E-state index contributed by atoms with van der Waals surface area (Å²) in [6.45, 7) is 3.35. The van der Waals surface area contributed by atoms with Crippen molar-refractivity contribution in [3.8, 4) is 0 Å². The van der Waals surface area contributed by atoms with E-state index in [9.17, 15) is 0 Å². The van der Waals surface area contributed by atoms with E-state index >= 15 is 0 Å². The zero-order chi connectivity index (χ0) is 8.39. The average molecular weight is 162 g/mol. The first-order valence-corrected chi connectivity index (χ1v) is 4.57. The van der Waals surface area contributed by atoms with Crippen molar-refractivity contribution in [1.82, 2.24) is 4.98 Å². The van der Waals surface area contributed by atoms with Crippen molar-refractivity contribution in [3.63, 3.8) is 0 Å². The second-order valence-electron chi connectivity index (χ2n) is 3.39. The van der Waals surface area contributed by atoms with Crippen LogP contribution in [-0.2, 0) is 6.42 Å². The van der Waals surface area contributed by atoms with Crippen LogP contribution in [0.4, 0.5) is 5.69 Å². The zero-order valence-electron chi connectivity index (χ0n) is 7.38. The van der Waals surface area contributed by atoms with E-state index in [2.05, 4.69) is 23.3 Å². The second-order valence-corrected chi connectivity index (χ2v) is 3.39. The van der Waals surface area contributed by atoms with Crippen LogP contribution < -0.4 is 5.32 Å². The summed E-state index contributed by atoms with van der Waals surface area (Å²) in [6.07, 6.45) is 6.26. The van der Waals surface area contributed by atoms with Gasteiger partial charge in [0.05, 0.1) is 11.9 Å². The number of nitrogens with one attached hydrogen (secondary N) is 1. The third-order valence-electron chi connectivity index (χ3n) is 2.58. The average Bonchev–Trinajstić information content (AvgIpc) is 2.17. The smallest absolute Gasteiger partial charge is 0.0559 e. The Morgan fingerprint density at radius 3 is 3.42 bits per heavy atom. The molecule has 0 aliphatic carbocycles. The number of rotatable bonds is 1. The lowest BCUT2D eigenvalue weighted by Gasteiger charge is -2.24. The van der Waals surface area contributed by atoms with Crippen LogP contribution in [0, 0.1) is 5.92 Å². The number of hydrogen-bond donors (Lipinski definition) is 1. The quantitative estimate of drug-likeness (QED) is 0.683. The minimum absolute atomic E-state index is 0.805. The Morgan fingerprint density at radius 2 is 2.58 bits per heavy atom. The molecule has 0 saturated carbocycles. The lowest BCUT2D eigenvalue weighted by atomic mass is 9.93. The highest BCUT2D eigenvalue weighted by molar-refractivity contribution is 5.50. The van der Waals surface area contributed by atoms with Gasteiger partial charge in [0.2, 0.25) is 0 Å². The molecule has 0 radical (unpaired) electrons. The van der Waals surface area contributed by atoms with Gasteiger partial charge < -0.3 is 5.32 Å². The molecule has 0 fully saturated rings. The lowest BCUT2D eigenvalue weighted by molar-refractivity contribution is 0.520. The Hall–Kier alpha value is -1.05. The molecule has 2 nitrogen and oxygen atoms in total. The molecule has 1 unspecified atom stereocenters. The van der Waals surface area contributed by atoms with E-state index in [1.54, 1.807) is 0 Å². The Bertz CT molecular complexity index is 270. The molecule has 2 heteroatoms. The number of nitrogens with zero attached hydrogens (tertiary/aromatic N) is 1. The van der Waals surface area contributed by atoms with E-state index in [4.69, 9.17) is 0 Å². The van der Waals surface area contributed by atoms with Gasteiger partial charge in [-0.2, -0.15) is 0 Å². The Morgan fingerprint density at radius 1 is 1.67 bits per heavy atom. The standard InChI is InChI=1S/C10H14N2/c1-2-8-5-9-3-4-11-7-10(9)12-6-8/h3-4,7-8,12H,2,5-6H2,1H3. The SMILES string of the molecule is CCC1CNc2cnccc2C1. The van der Waals surface area contributed by atoms with Crippen LogP contribution in [0.1, 0.15) is 18.9 Å². The van der Waals surface area contributed by atoms with Crippen molar-refractivity contribution in [1.29, 1.82) is 0 Å². The first-order chi connectivity index (χ1) is 5.90. The third kappa shape index (κ3) is 1.29. The molecule has 0 saturated heterocycles. The van der Waals surface area contributed by atoms with Crippen LogP contribution in [0.5, 0.6) is 0 Å². The summed E-state index contributed by atoms with van der Waals surface area (Å²) in [5.41, 5.74) is 2.64. The van der Waals surface area contributed by atoms with Crippen LogP contribution in [0.15, 0.2) is 18.5 Å². The maximum absolute atomic E-state index is 4.09. The second kappa shape index (κ2) is 3.13. The molecule has 1 aliphatic rings. The van der Waals surface area contributed by atoms with Crippen molar-refractivity contribution in [2.75, 3.05) is 11.9 Å². The zero-order valence-corrected chi connectivity index (χ0v) is 7.38. The molecule has 1 atom stereocenters. The van der Waals surface area contributed by atoms with Gasteiger partial charge in [-0.3, -0.25) is 4.98 Å². The molecule has 1 aromatic rings. The summed E-state index contributed by atoms with van der Waals surface area (Å²) in [7, 11) is 0. The van der Waals surface area contributed by atoms with E-state index in [0.29, 0.717) is 0 Å². The van der Waals surface area contributed by atoms with Gasteiger partial charge in [-0.05, 0) is 24.0 Å². The highest BCUT2D eigenvalue weighted by Gasteiger charge is 2.15. The molecule has 2 heterocycles. The summed E-state index contributed by atoms with van der Waals surface area (Å²) in [6, 6.07) is 2.12. The first kappa shape index (κ1) is 7.59. The molecule has 1 aliphatic heterocycles. The van der Waals surface area contributed by atoms with Gasteiger partial charge >= 0.3 is 0 Å². The van der Waals surface area contributed by atoms with Gasteiger partial charge in [0.15, 0.2) is 0 Å². The maximum atomic E-state index is 4.09. The molecule has 0 spiro atoms. The minimum atomic E-state index is 0.805. The summed E-state index contributed by atoms with van der Waals surface area (Å²) in [4.78, 5) is 4.09. The molecule has 0 bridgehead atoms. The van der Waals surface area contributed by atoms with Gasteiger partial charge in [-0.1, -0.05) is 13.3 Å². The van der Waals surface area contributed by atoms with Crippen molar-refractivity contribution in [2.45, 2.75) is 19.8 Å². The number of fused-ring (bicyclic) bond motifs is 1. The largest absolute Gasteiger partial charge is 0.383 e. The molecule has 1 N–H and O–H groups in total. The fraction of sp³-hybridized carbons (Fsp3) is 0.500. The molecule has 12 heavy (non-hydrogen) atoms. The minimum Gasteiger partial charge on any atom is -0.383 e. The van der Waals surface area contributed by atoms with E-state index < -0.39 is 0 Å². The van der Waals surface area contributed by atoms with Gasteiger partial charge in [0.1, 0.15) is 0 Å². The maximum Gasteiger partial charge on any atom is 0.0559 e. The topological polar surface area (TPSA) is 24.9 Å². The van der Waals surface area contributed by atoms with Gasteiger partial charge in [-0.25, -0.2) is 0 Å². The van der Waals surface area contributed by atoms with Crippen LogP contribution in [0.3, 0.4) is 0 Å². The van der Waals surface area contributed by atoms with Crippen molar-refractivity contribution in [2.24, 2.45) is 5.92 Å². The number of hydrogen-bond acceptors (Lipinski definition) is 2. The lowest BCUT2D eigenvalue weighted by Crippen LogP contribution is -2.22. The molecule has 1 aromatic heterocycles. The monoisotopic (exact) mass is 162 g/mol. The molecule has 64 valence electrons. The van der Waals surface area contributed by atoms with E-state index in [0.717, 1.165) is 12.5 Å². The van der Waals surface area contributed by atoms with Crippen molar-refractivity contribution in [3.05, 3.63) is 24.0 Å². The van der Waals surface area contributed by atoms with Crippen LogP contribution in [0.25, 0.3) is 0 Å². The van der Waals surface area contributed by atoms with Crippen molar-refractivity contribution >= 4 is 5.69 Å². The van der Waals surface area contributed by atoms with Crippen molar-refractivity contribution < 1.29 is 0 Å². The van der Waals surface area contributed by atoms with Crippen LogP contribution in [0.2, 0.25) is 0 Å². The summed E-state index contributed by atoms with van der Waals surface area (Å²) in [5.74, 6) is 0.805. The highest BCUT2D eigenvalue weighted by Crippen LogP contribution is 2.24. The Labute approximate surface area is 73.0 Å². The molecule has 0 aromatic carbocycles. The third-order valence-corrected chi connectivity index (χ3v) is 2.58. The predicted molar refractivity (Wildman–Crippen MR) is 50.2 cm³/mol. The molecular weight excluding hydrogens is 148 g/mol. The van der Waals surface area contributed by atoms with Gasteiger partial charge in [0.25, 0.3) is 0 Å². The van der Waals surface area contributed by atoms with Gasteiger partial charge in [-0.15, -0.1) is 0 Å². The van der Waals surface area contributed by atoms with Crippen LogP contribution in [-0.4, -0.2) is 11.5 Å². The Balaban J connectivity index is 2.23. The van der Waals surface area contributed by atoms with Crippen LogP contribution >= 0.6 is 0 Å². The summed E-state index contributed by atoms with van der Waals surface area (Å²) >= 11 is 0. The predicted octanol–water partition coefficient (Wildman–Crippen LogP) is 2.08. The van der Waals surface area contributed by atoms with E-state index in [-0.39, 0.29) is 0 Å². The van der Waals surface area contributed by atoms with Gasteiger partial charge in [0, 0.05) is 12.7 Å². The number of aromatic nitrogens is 1. The first-order valence-electron chi connectivity index (χ1n) is 4.57. The molecule has 2 rings (SSSR count). The summed E-state index contributed by atoms with van der Waals surface area (Å²) < 4.78 is 0. The van der Waals surface area contributed by atoms with E-state index in [1.165, 1.54) is 24.1 Å². The van der Waals surface area contributed by atoms with E-state index in [1.807, 2.05) is 12.4 Å². The summed E-state index contributed by atoms with van der Waals surface area (Å²) in [5, 5.41) is 3.40. The fourth-order valence-electron chi connectivity index (χ4n) is 1.69. The fourth-order valence-corrected chi connectivity index (χ4v) is 1.69. The number of anilines is 1. The Kier molecular flexibility index (Phi) is 1.98. The molecule has 0 amide bonds. The molecular formula is C10H14N2. The normalized spacial score (nSPS) is 21.2.